The van der Waals surface area contributed by atoms with E-state index in [-0.39, 0.29) is 5.56 Å². The third kappa shape index (κ3) is 3.23. The Morgan fingerprint density at radius 2 is 1.95 bits per heavy atom. The van der Waals surface area contributed by atoms with Crippen molar-refractivity contribution in [3.05, 3.63) is 46.2 Å². The Morgan fingerprint density at radius 1 is 1.23 bits per heavy atom. The van der Waals surface area contributed by atoms with Crippen molar-refractivity contribution >= 4 is 22.7 Å². The molecule has 2 heterocycles. The molecule has 0 spiro atoms. The Hall–Kier alpha value is -1.26. The highest BCUT2D eigenvalue weighted by atomic mass is 32.2. The summed E-state index contributed by atoms with van der Waals surface area (Å²) in [5.41, 5.74) is 2.07. The second-order valence-corrected chi connectivity index (χ2v) is 7.18. The van der Waals surface area contributed by atoms with Gasteiger partial charge in [0, 0.05) is 19.2 Å². The SMILES string of the molecule is CSCC1CCN(Cc2cc3ccccc3n(C)c2=O)CC1. The summed E-state index contributed by atoms with van der Waals surface area (Å²) in [6, 6.07) is 10.2. The highest BCUT2D eigenvalue weighted by Gasteiger charge is 2.20. The number of fused-ring (bicyclic) bond motifs is 1. The van der Waals surface area contributed by atoms with Crippen molar-refractivity contribution in [2.24, 2.45) is 13.0 Å². The van der Waals surface area contributed by atoms with Gasteiger partial charge in [-0.15, -0.1) is 0 Å². The quantitative estimate of drug-likeness (QED) is 0.866. The Bertz CT molecular complexity index is 702. The van der Waals surface area contributed by atoms with Crippen LogP contribution in [0.5, 0.6) is 0 Å². The summed E-state index contributed by atoms with van der Waals surface area (Å²) in [4.78, 5) is 15.0. The molecule has 0 amide bonds. The van der Waals surface area contributed by atoms with E-state index in [0.29, 0.717) is 0 Å². The first-order valence-electron chi connectivity index (χ1n) is 7.98. The highest BCUT2D eigenvalue weighted by Crippen LogP contribution is 2.22. The minimum Gasteiger partial charge on any atom is -0.311 e. The topological polar surface area (TPSA) is 25.2 Å². The van der Waals surface area contributed by atoms with Crippen molar-refractivity contribution in [2.45, 2.75) is 19.4 Å². The summed E-state index contributed by atoms with van der Waals surface area (Å²) in [7, 11) is 1.87. The van der Waals surface area contributed by atoms with Crippen LogP contribution in [0.1, 0.15) is 18.4 Å². The van der Waals surface area contributed by atoms with Crippen LogP contribution in [0.3, 0.4) is 0 Å². The fourth-order valence-electron chi connectivity index (χ4n) is 3.39. The van der Waals surface area contributed by atoms with Crippen molar-refractivity contribution < 1.29 is 0 Å². The van der Waals surface area contributed by atoms with Gasteiger partial charge < -0.3 is 4.57 Å². The van der Waals surface area contributed by atoms with Crippen LogP contribution in [0, 0.1) is 5.92 Å². The Balaban J connectivity index is 1.77. The number of piperidine rings is 1. The van der Waals surface area contributed by atoms with Gasteiger partial charge in [-0.1, -0.05) is 18.2 Å². The molecule has 0 N–H and O–H groups in total. The lowest BCUT2D eigenvalue weighted by Gasteiger charge is -2.31. The van der Waals surface area contributed by atoms with E-state index in [4.69, 9.17) is 0 Å². The first kappa shape index (κ1) is 15.6. The van der Waals surface area contributed by atoms with Crippen LogP contribution in [0.4, 0.5) is 0 Å². The number of aryl methyl sites for hydroxylation is 1. The molecule has 0 radical (unpaired) electrons. The number of likely N-dealkylation sites (tertiary alicyclic amines) is 1. The Morgan fingerprint density at radius 3 is 2.68 bits per heavy atom. The smallest absolute Gasteiger partial charge is 0.255 e. The molecule has 3 rings (SSSR count). The molecule has 1 fully saturated rings. The second-order valence-electron chi connectivity index (χ2n) is 6.27. The van der Waals surface area contributed by atoms with E-state index in [1.807, 2.05) is 37.0 Å². The van der Waals surface area contributed by atoms with E-state index in [0.717, 1.165) is 42.0 Å². The molecule has 1 aromatic carbocycles. The van der Waals surface area contributed by atoms with E-state index in [1.54, 1.807) is 4.57 Å². The third-order valence-electron chi connectivity index (χ3n) is 4.71. The Kier molecular flexibility index (Phi) is 4.89. The van der Waals surface area contributed by atoms with E-state index in [2.05, 4.69) is 23.3 Å². The van der Waals surface area contributed by atoms with E-state index < -0.39 is 0 Å². The van der Waals surface area contributed by atoms with Gasteiger partial charge in [-0.3, -0.25) is 9.69 Å². The van der Waals surface area contributed by atoms with Gasteiger partial charge in [-0.2, -0.15) is 11.8 Å². The molecule has 1 aliphatic heterocycles. The van der Waals surface area contributed by atoms with Crippen molar-refractivity contribution in [1.29, 1.82) is 0 Å². The fourth-order valence-corrected chi connectivity index (χ4v) is 4.20. The standard InChI is InChI=1S/C18H24N2OS/c1-19-17-6-4-3-5-15(17)11-16(18(19)21)12-20-9-7-14(8-10-20)13-22-2/h3-6,11,14H,7-10,12-13H2,1-2H3. The normalized spacial score (nSPS) is 17.2. The number of rotatable bonds is 4. The maximum absolute atomic E-state index is 12.6. The maximum atomic E-state index is 12.6. The summed E-state index contributed by atoms with van der Waals surface area (Å²) in [6.07, 6.45) is 4.70. The summed E-state index contributed by atoms with van der Waals surface area (Å²) in [5, 5.41) is 1.15. The molecule has 4 heteroatoms. The molecule has 118 valence electrons. The minimum atomic E-state index is 0.143. The zero-order valence-electron chi connectivity index (χ0n) is 13.4. The molecular formula is C18H24N2OS. The predicted octanol–water partition coefficient (Wildman–Crippen LogP) is 3.11. The van der Waals surface area contributed by atoms with E-state index in [1.165, 1.54) is 18.6 Å². The van der Waals surface area contributed by atoms with Crippen LogP contribution >= 0.6 is 11.8 Å². The molecule has 3 nitrogen and oxygen atoms in total. The molecule has 0 saturated carbocycles. The fraction of sp³-hybridized carbons (Fsp3) is 0.500. The molecule has 0 aliphatic carbocycles. The van der Waals surface area contributed by atoms with Gasteiger partial charge in [-0.05, 0) is 61.4 Å². The monoisotopic (exact) mass is 316 g/mol. The van der Waals surface area contributed by atoms with Gasteiger partial charge in [-0.25, -0.2) is 0 Å². The number of hydrogen-bond acceptors (Lipinski definition) is 3. The van der Waals surface area contributed by atoms with Gasteiger partial charge in [0.05, 0.1) is 5.52 Å². The van der Waals surface area contributed by atoms with Crippen molar-refractivity contribution in [1.82, 2.24) is 9.47 Å². The highest BCUT2D eigenvalue weighted by molar-refractivity contribution is 7.98. The van der Waals surface area contributed by atoms with Crippen LogP contribution in [0.15, 0.2) is 35.1 Å². The van der Waals surface area contributed by atoms with Crippen molar-refractivity contribution in [2.75, 3.05) is 25.1 Å². The van der Waals surface area contributed by atoms with E-state index in [9.17, 15) is 4.79 Å². The number of nitrogens with zero attached hydrogens (tertiary/aromatic N) is 2. The number of thioether (sulfide) groups is 1. The number of benzene rings is 1. The zero-order chi connectivity index (χ0) is 15.5. The number of para-hydroxylation sites is 1. The van der Waals surface area contributed by atoms with Crippen LogP contribution < -0.4 is 5.56 Å². The molecule has 1 aromatic heterocycles. The first-order chi connectivity index (χ1) is 10.7. The molecule has 2 aromatic rings. The summed E-state index contributed by atoms with van der Waals surface area (Å²) in [6.45, 7) is 3.01. The van der Waals surface area contributed by atoms with Crippen molar-refractivity contribution in [3.8, 4) is 0 Å². The largest absolute Gasteiger partial charge is 0.311 e. The zero-order valence-corrected chi connectivity index (χ0v) is 14.2. The molecule has 0 unspecified atom stereocenters. The average Bonchev–Trinajstić information content (AvgIpc) is 2.54. The van der Waals surface area contributed by atoms with Gasteiger partial charge >= 0.3 is 0 Å². The summed E-state index contributed by atoms with van der Waals surface area (Å²) in [5.74, 6) is 2.12. The molecular weight excluding hydrogens is 292 g/mol. The molecule has 0 bridgehead atoms. The third-order valence-corrected chi connectivity index (χ3v) is 5.52. The summed E-state index contributed by atoms with van der Waals surface area (Å²) < 4.78 is 1.78. The Labute approximate surface area is 136 Å². The van der Waals surface area contributed by atoms with E-state index >= 15 is 0 Å². The lowest BCUT2D eigenvalue weighted by molar-refractivity contribution is 0.186. The number of pyridine rings is 1. The van der Waals surface area contributed by atoms with Gasteiger partial charge in [0.1, 0.15) is 0 Å². The average molecular weight is 316 g/mol. The van der Waals surface area contributed by atoms with Crippen molar-refractivity contribution in [3.63, 3.8) is 0 Å². The lowest BCUT2D eigenvalue weighted by atomic mass is 9.98. The number of aromatic nitrogens is 1. The predicted molar refractivity (Wildman–Crippen MR) is 95.6 cm³/mol. The minimum absolute atomic E-state index is 0.143. The van der Waals surface area contributed by atoms with Crippen LogP contribution in [-0.4, -0.2) is 34.6 Å². The summed E-state index contributed by atoms with van der Waals surface area (Å²) >= 11 is 1.95. The van der Waals surface area contributed by atoms with Gasteiger partial charge in [0.15, 0.2) is 0 Å². The lowest BCUT2D eigenvalue weighted by Crippen LogP contribution is -2.36. The van der Waals surface area contributed by atoms with Crippen LogP contribution in [0.25, 0.3) is 10.9 Å². The van der Waals surface area contributed by atoms with Crippen LogP contribution in [0.2, 0.25) is 0 Å². The first-order valence-corrected chi connectivity index (χ1v) is 9.37. The molecule has 1 saturated heterocycles. The van der Waals surface area contributed by atoms with Gasteiger partial charge in [0.25, 0.3) is 5.56 Å². The molecule has 22 heavy (non-hydrogen) atoms. The molecule has 0 atom stereocenters. The van der Waals surface area contributed by atoms with Crippen LogP contribution in [-0.2, 0) is 13.6 Å². The maximum Gasteiger partial charge on any atom is 0.255 e. The number of hydrogen-bond donors (Lipinski definition) is 0. The van der Waals surface area contributed by atoms with Gasteiger partial charge in [0.2, 0.25) is 0 Å². The molecule has 1 aliphatic rings. The second kappa shape index (κ2) is 6.88.